The predicted molar refractivity (Wildman–Crippen MR) is 113 cm³/mol. The summed E-state index contributed by atoms with van der Waals surface area (Å²) in [5, 5.41) is 3.19. The summed E-state index contributed by atoms with van der Waals surface area (Å²) < 4.78 is 10.7. The van der Waals surface area contributed by atoms with Gasteiger partial charge in [-0.05, 0) is 61.2 Å². The van der Waals surface area contributed by atoms with Crippen LogP contribution in [-0.2, 0) is 9.59 Å². The Hall–Kier alpha value is -3.28. The van der Waals surface area contributed by atoms with Gasteiger partial charge in [0.25, 0.3) is 11.8 Å². The molecular weight excluding hydrogens is 368 g/mol. The van der Waals surface area contributed by atoms with Gasteiger partial charge >= 0.3 is 0 Å². The van der Waals surface area contributed by atoms with Crippen LogP contribution >= 0.6 is 0 Å². The lowest BCUT2D eigenvalue weighted by molar-refractivity contribution is -0.136. The molecule has 0 unspecified atom stereocenters. The number of ether oxygens (including phenoxy) is 2. The molecule has 2 aromatic rings. The quantitative estimate of drug-likeness (QED) is 0.721. The third kappa shape index (κ3) is 3.83. The van der Waals surface area contributed by atoms with E-state index in [0.717, 1.165) is 16.8 Å². The highest BCUT2D eigenvalue weighted by Crippen LogP contribution is 2.35. The molecule has 0 atom stereocenters. The highest BCUT2D eigenvalue weighted by Gasteiger charge is 2.39. The number of amides is 2. The zero-order valence-corrected chi connectivity index (χ0v) is 17.5. The van der Waals surface area contributed by atoms with E-state index in [9.17, 15) is 9.59 Å². The Labute approximate surface area is 171 Å². The number of nitrogens with one attached hydrogen (secondary N) is 1. The second-order valence-corrected chi connectivity index (χ2v) is 7.01. The molecule has 152 valence electrons. The summed E-state index contributed by atoms with van der Waals surface area (Å²) in [6.07, 6.45) is 0.688. The average molecular weight is 394 g/mol. The van der Waals surface area contributed by atoms with Gasteiger partial charge in [0.05, 0.1) is 19.8 Å². The van der Waals surface area contributed by atoms with Crippen LogP contribution in [-0.4, -0.2) is 37.5 Å². The van der Waals surface area contributed by atoms with E-state index >= 15 is 0 Å². The van der Waals surface area contributed by atoms with Crippen LogP contribution in [0.25, 0.3) is 5.57 Å². The Morgan fingerprint density at radius 2 is 1.62 bits per heavy atom. The lowest BCUT2D eigenvalue weighted by atomic mass is 10.0. The minimum absolute atomic E-state index is 0.277. The van der Waals surface area contributed by atoms with Crippen molar-refractivity contribution in [2.45, 2.75) is 27.2 Å². The van der Waals surface area contributed by atoms with Gasteiger partial charge in [-0.15, -0.1) is 0 Å². The molecule has 0 fully saturated rings. The van der Waals surface area contributed by atoms with Crippen molar-refractivity contribution in [3.63, 3.8) is 0 Å². The largest absolute Gasteiger partial charge is 0.493 e. The Morgan fingerprint density at radius 3 is 2.24 bits per heavy atom. The van der Waals surface area contributed by atoms with Crippen LogP contribution < -0.4 is 14.8 Å². The fourth-order valence-electron chi connectivity index (χ4n) is 3.34. The molecule has 29 heavy (non-hydrogen) atoms. The molecule has 6 nitrogen and oxygen atoms in total. The number of hydrogen-bond donors (Lipinski definition) is 1. The molecule has 6 heteroatoms. The van der Waals surface area contributed by atoms with Crippen molar-refractivity contribution >= 4 is 23.1 Å². The number of methoxy groups -OCH3 is 2. The smallest absolute Gasteiger partial charge is 0.278 e. The lowest BCUT2D eigenvalue weighted by Crippen LogP contribution is -2.33. The fourth-order valence-corrected chi connectivity index (χ4v) is 3.34. The molecule has 1 aliphatic heterocycles. The molecular formula is C23H26N2O4. The standard InChI is InChI=1S/C23H26N2O4/c1-6-11-25-22(26)20(16-8-10-18(28-4)19(13-16)29-5)21(23(25)27)24-17-9-7-14(2)15(3)12-17/h7-10,12-13,24H,6,11H2,1-5H3. The van der Waals surface area contributed by atoms with Gasteiger partial charge in [0.15, 0.2) is 11.5 Å². The van der Waals surface area contributed by atoms with E-state index in [-0.39, 0.29) is 17.5 Å². The molecule has 1 heterocycles. The maximum Gasteiger partial charge on any atom is 0.278 e. The molecule has 2 amide bonds. The molecule has 0 aliphatic carbocycles. The SMILES string of the molecule is CCCN1C(=O)C(Nc2ccc(C)c(C)c2)=C(c2ccc(OC)c(OC)c2)C1=O. The summed E-state index contributed by atoms with van der Waals surface area (Å²) in [7, 11) is 3.09. The zero-order chi connectivity index (χ0) is 21.1. The van der Waals surface area contributed by atoms with E-state index in [0.29, 0.717) is 35.6 Å². The number of rotatable bonds is 7. The Bertz CT molecular complexity index is 994. The molecule has 0 radical (unpaired) electrons. The van der Waals surface area contributed by atoms with Gasteiger partial charge in [-0.25, -0.2) is 0 Å². The van der Waals surface area contributed by atoms with Crippen molar-refractivity contribution in [3.8, 4) is 11.5 Å². The number of aryl methyl sites for hydroxylation is 2. The van der Waals surface area contributed by atoms with Crippen LogP contribution in [0, 0.1) is 13.8 Å². The van der Waals surface area contributed by atoms with Crippen LogP contribution in [0.1, 0.15) is 30.0 Å². The maximum atomic E-state index is 13.1. The second-order valence-electron chi connectivity index (χ2n) is 7.01. The minimum Gasteiger partial charge on any atom is -0.493 e. The van der Waals surface area contributed by atoms with E-state index in [4.69, 9.17) is 9.47 Å². The number of anilines is 1. The van der Waals surface area contributed by atoms with Gasteiger partial charge < -0.3 is 14.8 Å². The van der Waals surface area contributed by atoms with Crippen LogP contribution in [0.15, 0.2) is 42.1 Å². The van der Waals surface area contributed by atoms with Crippen LogP contribution in [0.5, 0.6) is 11.5 Å². The third-order valence-corrected chi connectivity index (χ3v) is 5.06. The highest BCUT2D eigenvalue weighted by atomic mass is 16.5. The monoisotopic (exact) mass is 394 g/mol. The third-order valence-electron chi connectivity index (χ3n) is 5.06. The first-order valence-corrected chi connectivity index (χ1v) is 9.58. The van der Waals surface area contributed by atoms with Gasteiger partial charge in [0.1, 0.15) is 5.70 Å². The summed E-state index contributed by atoms with van der Waals surface area (Å²) in [5.74, 6) is 0.426. The first kappa shape index (κ1) is 20.5. The molecule has 3 rings (SSSR count). The topological polar surface area (TPSA) is 67.9 Å². The summed E-state index contributed by atoms with van der Waals surface area (Å²) in [6, 6.07) is 11.1. The fraction of sp³-hybridized carbons (Fsp3) is 0.304. The van der Waals surface area contributed by atoms with Crippen LogP contribution in [0.2, 0.25) is 0 Å². The molecule has 0 saturated heterocycles. The molecule has 1 N–H and O–H groups in total. The van der Waals surface area contributed by atoms with E-state index < -0.39 is 0 Å². The number of carbonyl (C=O) groups excluding carboxylic acids is 2. The Kier molecular flexibility index (Phi) is 5.92. The number of imide groups is 1. The van der Waals surface area contributed by atoms with E-state index in [1.54, 1.807) is 25.3 Å². The Balaban J connectivity index is 2.11. The van der Waals surface area contributed by atoms with Crippen LogP contribution in [0.3, 0.4) is 0 Å². The summed E-state index contributed by atoms with van der Waals surface area (Å²) >= 11 is 0. The predicted octanol–water partition coefficient (Wildman–Crippen LogP) is 3.92. The highest BCUT2D eigenvalue weighted by molar-refractivity contribution is 6.36. The van der Waals surface area contributed by atoms with Crippen molar-refractivity contribution in [1.29, 1.82) is 0 Å². The minimum atomic E-state index is -0.320. The number of carbonyl (C=O) groups is 2. The van der Waals surface area contributed by atoms with E-state index in [2.05, 4.69) is 5.32 Å². The van der Waals surface area contributed by atoms with Crippen molar-refractivity contribution < 1.29 is 19.1 Å². The number of nitrogens with zero attached hydrogens (tertiary/aromatic N) is 1. The van der Waals surface area contributed by atoms with Crippen molar-refractivity contribution in [2.24, 2.45) is 0 Å². The lowest BCUT2D eigenvalue weighted by Gasteiger charge is -2.14. The van der Waals surface area contributed by atoms with Gasteiger partial charge in [-0.1, -0.05) is 19.1 Å². The van der Waals surface area contributed by atoms with Crippen molar-refractivity contribution in [3.05, 3.63) is 58.8 Å². The van der Waals surface area contributed by atoms with Crippen molar-refractivity contribution in [2.75, 3.05) is 26.1 Å². The van der Waals surface area contributed by atoms with Crippen molar-refractivity contribution in [1.82, 2.24) is 4.90 Å². The molecule has 2 aromatic carbocycles. The van der Waals surface area contributed by atoms with Gasteiger partial charge in [-0.3, -0.25) is 14.5 Å². The average Bonchev–Trinajstić information content (AvgIpc) is 2.94. The molecule has 0 saturated carbocycles. The van der Waals surface area contributed by atoms with E-state index in [1.807, 2.05) is 39.0 Å². The molecule has 0 bridgehead atoms. The summed E-state index contributed by atoms with van der Waals surface area (Å²) in [6.45, 7) is 6.34. The second kappa shape index (κ2) is 8.39. The first-order chi connectivity index (χ1) is 13.9. The number of benzene rings is 2. The van der Waals surface area contributed by atoms with Gasteiger partial charge in [0.2, 0.25) is 0 Å². The molecule has 0 aromatic heterocycles. The molecule has 0 spiro atoms. The van der Waals surface area contributed by atoms with E-state index in [1.165, 1.54) is 12.0 Å². The molecule has 1 aliphatic rings. The maximum absolute atomic E-state index is 13.1. The summed E-state index contributed by atoms with van der Waals surface area (Å²) in [5.41, 5.74) is 4.24. The first-order valence-electron chi connectivity index (χ1n) is 9.58. The van der Waals surface area contributed by atoms with Gasteiger partial charge in [-0.2, -0.15) is 0 Å². The van der Waals surface area contributed by atoms with Crippen LogP contribution in [0.4, 0.5) is 5.69 Å². The number of hydrogen-bond acceptors (Lipinski definition) is 5. The van der Waals surface area contributed by atoms with Gasteiger partial charge in [0, 0.05) is 12.2 Å². The zero-order valence-electron chi connectivity index (χ0n) is 17.5. The Morgan fingerprint density at radius 1 is 0.897 bits per heavy atom. The summed E-state index contributed by atoms with van der Waals surface area (Å²) in [4.78, 5) is 27.5. The normalized spacial score (nSPS) is 13.9.